The molecule has 0 fully saturated rings. The van der Waals surface area contributed by atoms with E-state index in [-0.39, 0.29) is 17.4 Å². The number of carbonyl (C=O) groups is 1. The van der Waals surface area contributed by atoms with Crippen molar-refractivity contribution in [3.05, 3.63) is 83.9 Å². The molecule has 156 valence electrons. The molecule has 0 spiro atoms. The van der Waals surface area contributed by atoms with Crippen molar-refractivity contribution >= 4 is 27.3 Å². The lowest BCUT2D eigenvalue weighted by atomic mass is 10.2. The Bertz CT molecular complexity index is 1110. The maximum absolute atomic E-state index is 12.8. The van der Waals surface area contributed by atoms with Gasteiger partial charge in [-0.3, -0.25) is 9.10 Å². The van der Waals surface area contributed by atoms with Gasteiger partial charge in [0.15, 0.2) is 6.61 Å². The van der Waals surface area contributed by atoms with E-state index in [4.69, 9.17) is 4.74 Å². The van der Waals surface area contributed by atoms with E-state index in [0.29, 0.717) is 17.1 Å². The number of hydrogen-bond acceptors (Lipinski definition) is 4. The highest BCUT2D eigenvalue weighted by molar-refractivity contribution is 7.92. The Morgan fingerprint density at radius 1 is 0.867 bits per heavy atom. The largest absolute Gasteiger partial charge is 0.484 e. The average molecular weight is 425 g/mol. The Balaban J connectivity index is 1.60. The summed E-state index contributed by atoms with van der Waals surface area (Å²) in [6, 6.07) is 20.7. The fraction of sp³-hybridized carbons (Fsp3) is 0.174. The maximum Gasteiger partial charge on any atom is 0.264 e. The summed E-state index contributed by atoms with van der Waals surface area (Å²) in [6.07, 6.45) is 0. The van der Waals surface area contributed by atoms with Gasteiger partial charge in [-0.05, 0) is 62.4 Å². The lowest BCUT2D eigenvalue weighted by molar-refractivity contribution is -0.118. The molecule has 0 heterocycles. The number of aryl methyl sites for hydroxylation is 2. The molecule has 3 rings (SSSR count). The minimum absolute atomic E-state index is 0.148. The third-order valence-electron chi connectivity index (χ3n) is 4.58. The van der Waals surface area contributed by atoms with Crippen molar-refractivity contribution in [3.8, 4) is 5.75 Å². The number of hydrogen-bond donors (Lipinski definition) is 1. The summed E-state index contributed by atoms with van der Waals surface area (Å²) in [7, 11) is -2.16. The zero-order valence-electron chi connectivity index (χ0n) is 17.1. The smallest absolute Gasteiger partial charge is 0.264 e. The van der Waals surface area contributed by atoms with Crippen molar-refractivity contribution in [1.82, 2.24) is 0 Å². The first-order chi connectivity index (χ1) is 14.3. The molecule has 7 heteroatoms. The van der Waals surface area contributed by atoms with E-state index in [1.165, 1.54) is 11.4 Å². The molecular weight excluding hydrogens is 400 g/mol. The van der Waals surface area contributed by atoms with Crippen molar-refractivity contribution in [2.24, 2.45) is 0 Å². The summed E-state index contributed by atoms with van der Waals surface area (Å²) < 4.78 is 32.3. The molecule has 1 N–H and O–H groups in total. The van der Waals surface area contributed by atoms with Crippen molar-refractivity contribution in [1.29, 1.82) is 0 Å². The molecule has 0 atom stereocenters. The lowest BCUT2D eigenvalue weighted by Gasteiger charge is -2.20. The first-order valence-corrected chi connectivity index (χ1v) is 10.8. The number of nitrogens with zero attached hydrogens (tertiary/aromatic N) is 1. The van der Waals surface area contributed by atoms with Gasteiger partial charge in [-0.1, -0.05) is 35.4 Å². The zero-order chi connectivity index (χ0) is 21.7. The highest BCUT2D eigenvalue weighted by atomic mass is 32.2. The van der Waals surface area contributed by atoms with Gasteiger partial charge in [0.05, 0.1) is 10.6 Å². The van der Waals surface area contributed by atoms with Crippen LogP contribution in [-0.4, -0.2) is 28.0 Å². The predicted octanol–water partition coefficient (Wildman–Crippen LogP) is 4.15. The first-order valence-electron chi connectivity index (χ1n) is 9.41. The second-order valence-corrected chi connectivity index (χ2v) is 8.95. The van der Waals surface area contributed by atoms with Crippen LogP contribution in [0.25, 0.3) is 0 Å². The third kappa shape index (κ3) is 5.18. The van der Waals surface area contributed by atoms with Crippen LogP contribution in [0.15, 0.2) is 77.7 Å². The fourth-order valence-corrected chi connectivity index (χ4v) is 3.94. The summed E-state index contributed by atoms with van der Waals surface area (Å²) in [5.74, 6) is 0.195. The van der Waals surface area contributed by atoms with Crippen molar-refractivity contribution in [2.75, 3.05) is 23.3 Å². The van der Waals surface area contributed by atoms with Gasteiger partial charge >= 0.3 is 0 Å². The molecule has 3 aromatic rings. The van der Waals surface area contributed by atoms with E-state index < -0.39 is 10.0 Å². The van der Waals surface area contributed by atoms with Crippen LogP contribution in [0.3, 0.4) is 0 Å². The van der Waals surface area contributed by atoms with Crippen LogP contribution in [0.1, 0.15) is 11.1 Å². The van der Waals surface area contributed by atoms with Crippen LogP contribution < -0.4 is 14.4 Å². The second-order valence-electron chi connectivity index (χ2n) is 6.98. The zero-order valence-corrected chi connectivity index (χ0v) is 17.9. The Morgan fingerprint density at radius 2 is 1.40 bits per heavy atom. The third-order valence-corrected chi connectivity index (χ3v) is 6.38. The van der Waals surface area contributed by atoms with Crippen LogP contribution in [-0.2, 0) is 14.8 Å². The van der Waals surface area contributed by atoms with Crippen LogP contribution in [0.5, 0.6) is 5.75 Å². The molecule has 0 aliphatic heterocycles. The van der Waals surface area contributed by atoms with Gasteiger partial charge in [0.2, 0.25) is 0 Å². The monoisotopic (exact) mass is 424 g/mol. The average Bonchev–Trinajstić information content (AvgIpc) is 2.74. The lowest BCUT2D eigenvalue weighted by Crippen LogP contribution is -2.26. The van der Waals surface area contributed by atoms with Crippen LogP contribution in [0.4, 0.5) is 11.4 Å². The number of sulfonamides is 1. The molecule has 0 radical (unpaired) electrons. The molecule has 6 nitrogen and oxygen atoms in total. The highest BCUT2D eigenvalue weighted by Gasteiger charge is 2.21. The van der Waals surface area contributed by atoms with Gasteiger partial charge in [0.25, 0.3) is 15.9 Å². The molecular formula is C23H24N2O4S. The number of rotatable bonds is 7. The molecule has 0 unspecified atom stereocenters. The number of benzene rings is 3. The Labute approximate surface area is 177 Å². The topological polar surface area (TPSA) is 75.7 Å². The maximum atomic E-state index is 12.8. The Morgan fingerprint density at radius 3 is 1.97 bits per heavy atom. The van der Waals surface area contributed by atoms with Gasteiger partial charge in [-0.25, -0.2) is 8.42 Å². The van der Waals surface area contributed by atoms with E-state index >= 15 is 0 Å². The minimum atomic E-state index is -3.66. The molecule has 0 aliphatic carbocycles. The molecule has 0 aromatic heterocycles. The van der Waals surface area contributed by atoms with Crippen molar-refractivity contribution in [3.63, 3.8) is 0 Å². The quantitative estimate of drug-likeness (QED) is 0.618. The summed E-state index contributed by atoms with van der Waals surface area (Å²) in [5.41, 5.74) is 3.29. The van der Waals surface area contributed by atoms with Gasteiger partial charge < -0.3 is 10.1 Å². The minimum Gasteiger partial charge on any atom is -0.484 e. The predicted molar refractivity (Wildman–Crippen MR) is 119 cm³/mol. The van der Waals surface area contributed by atoms with Crippen LogP contribution >= 0.6 is 0 Å². The number of carbonyl (C=O) groups excluding carboxylic acids is 1. The fourth-order valence-electron chi connectivity index (χ4n) is 2.74. The van der Waals surface area contributed by atoms with Crippen LogP contribution in [0, 0.1) is 13.8 Å². The van der Waals surface area contributed by atoms with Gasteiger partial charge in [0, 0.05) is 12.7 Å². The van der Waals surface area contributed by atoms with Crippen molar-refractivity contribution in [2.45, 2.75) is 18.7 Å². The highest BCUT2D eigenvalue weighted by Crippen LogP contribution is 2.24. The van der Waals surface area contributed by atoms with E-state index in [0.717, 1.165) is 11.1 Å². The molecule has 1 amide bonds. The van der Waals surface area contributed by atoms with E-state index in [2.05, 4.69) is 5.32 Å². The van der Waals surface area contributed by atoms with Gasteiger partial charge in [-0.2, -0.15) is 0 Å². The molecule has 0 saturated heterocycles. The molecule has 3 aromatic carbocycles. The van der Waals surface area contributed by atoms with Gasteiger partial charge in [-0.15, -0.1) is 0 Å². The molecule has 0 bridgehead atoms. The summed E-state index contributed by atoms with van der Waals surface area (Å²) in [6.45, 7) is 3.73. The number of amides is 1. The number of ether oxygens (including phenoxy) is 1. The normalized spacial score (nSPS) is 11.0. The number of anilines is 2. The molecule has 0 saturated carbocycles. The van der Waals surface area contributed by atoms with Crippen LogP contribution in [0.2, 0.25) is 0 Å². The summed E-state index contributed by atoms with van der Waals surface area (Å²) in [5, 5.41) is 2.76. The standard InChI is InChI=1S/C23H24N2O4S/c1-17-4-8-19(9-5-17)24-23(26)16-29-21-12-10-20(11-13-21)25(3)30(27,28)22-14-6-18(2)7-15-22/h4-15H,16H2,1-3H3,(H,24,26). The second kappa shape index (κ2) is 9.00. The van der Waals surface area contributed by atoms with E-state index in [1.54, 1.807) is 48.5 Å². The van der Waals surface area contributed by atoms with E-state index in [1.807, 2.05) is 38.1 Å². The summed E-state index contributed by atoms with van der Waals surface area (Å²) >= 11 is 0. The number of nitrogens with one attached hydrogen (secondary N) is 1. The summed E-state index contributed by atoms with van der Waals surface area (Å²) in [4.78, 5) is 12.3. The SMILES string of the molecule is Cc1ccc(NC(=O)COc2ccc(N(C)S(=O)(=O)c3ccc(C)cc3)cc2)cc1. The van der Waals surface area contributed by atoms with E-state index in [9.17, 15) is 13.2 Å². The first kappa shape index (κ1) is 21.4. The van der Waals surface area contributed by atoms with Gasteiger partial charge in [0.1, 0.15) is 5.75 Å². The Hall–Kier alpha value is -3.32. The Kier molecular flexibility index (Phi) is 6.42. The molecule has 30 heavy (non-hydrogen) atoms. The molecule has 0 aliphatic rings. The van der Waals surface area contributed by atoms with Crippen molar-refractivity contribution < 1.29 is 17.9 Å².